The van der Waals surface area contributed by atoms with Gasteiger partial charge in [0.15, 0.2) is 0 Å². The van der Waals surface area contributed by atoms with Crippen molar-refractivity contribution in [1.82, 2.24) is 0 Å². The molecule has 0 amide bonds. The van der Waals surface area contributed by atoms with E-state index in [1.807, 2.05) is 36.4 Å². The summed E-state index contributed by atoms with van der Waals surface area (Å²) >= 11 is 0. The molecule has 40 heavy (non-hydrogen) atoms. The molecule has 0 spiro atoms. The number of alkyl halides is 6. The molecule has 0 aromatic heterocycles. The Kier molecular flexibility index (Phi) is 5.69. The van der Waals surface area contributed by atoms with Crippen molar-refractivity contribution < 1.29 is 35.8 Å². The molecule has 0 bridgehead atoms. The van der Waals surface area contributed by atoms with Crippen LogP contribution in [0.4, 0.5) is 26.3 Å². The molecule has 198 valence electrons. The molecule has 0 heterocycles. The van der Waals surface area contributed by atoms with Crippen molar-refractivity contribution in [3.63, 3.8) is 0 Å². The summed E-state index contributed by atoms with van der Waals surface area (Å²) in [5.41, 5.74) is 5.33. The van der Waals surface area contributed by atoms with E-state index < -0.39 is 24.2 Å². The van der Waals surface area contributed by atoms with Gasteiger partial charge in [-0.25, -0.2) is 0 Å². The topological polar surface area (TPSA) is 54.6 Å². The van der Waals surface area contributed by atoms with Gasteiger partial charge in [0.05, 0.1) is 5.71 Å². The molecule has 10 heteroatoms. The zero-order valence-electron chi connectivity index (χ0n) is 20.1. The lowest BCUT2D eigenvalue weighted by Gasteiger charge is -2.14. The third-order valence-corrected chi connectivity index (χ3v) is 6.58. The first kappa shape index (κ1) is 25.2. The molecule has 0 unspecified atom stereocenters. The zero-order valence-corrected chi connectivity index (χ0v) is 20.1. The van der Waals surface area contributed by atoms with Gasteiger partial charge in [0, 0.05) is 22.3 Å². The second-order valence-corrected chi connectivity index (χ2v) is 8.91. The number of fused-ring (bicyclic) bond motifs is 3. The third kappa shape index (κ3) is 4.35. The van der Waals surface area contributed by atoms with Crippen LogP contribution in [0, 0.1) is 11.5 Å². The first-order valence-corrected chi connectivity index (χ1v) is 11.8. The first-order chi connectivity index (χ1) is 19.0. The molecule has 0 atom stereocenters. The molecule has 0 aliphatic heterocycles. The van der Waals surface area contributed by atoms with Gasteiger partial charge < -0.3 is 9.47 Å². The molecule has 4 aromatic carbocycles. The highest BCUT2D eigenvalue weighted by Gasteiger charge is 2.39. The SMILES string of the molecule is N#CN=C1C(c2ccc(OC(F)(F)F)cc2)=C2C(=C1c1ccc(OC(F)(F)F)cc1)c1cccc3cccc2c13. The number of aliphatic imine (C=N–C) groups is 1. The predicted octanol–water partition coefficient (Wildman–Crippen LogP) is 8.41. The summed E-state index contributed by atoms with van der Waals surface area (Å²) in [5.74, 6) is -0.826. The normalized spacial score (nSPS) is 14.5. The minimum atomic E-state index is -4.86. The molecule has 6 rings (SSSR count). The van der Waals surface area contributed by atoms with Gasteiger partial charge in [-0.1, -0.05) is 60.7 Å². The van der Waals surface area contributed by atoms with E-state index in [1.165, 1.54) is 48.5 Å². The minimum absolute atomic E-state index is 0.244. The number of hydrogen-bond donors (Lipinski definition) is 0. The fourth-order valence-electron chi connectivity index (χ4n) is 5.28. The van der Waals surface area contributed by atoms with Crippen LogP contribution in [0.3, 0.4) is 0 Å². The number of halogens is 6. The number of allylic oxidation sites excluding steroid dienone is 4. The van der Waals surface area contributed by atoms with Gasteiger partial charge in [0.1, 0.15) is 11.5 Å². The first-order valence-electron chi connectivity index (χ1n) is 11.8. The van der Waals surface area contributed by atoms with Gasteiger partial charge in [-0.2, -0.15) is 10.3 Å². The van der Waals surface area contributed by atoms with E-state index in [9.17, 15) is 31.6 Å². The summed E-state index contributed by atoms with van der Waals surface area (Å²) in [6.45, 7) is 0. The predicted molar refractivity (Wildman–Crippen MR) is 137 cm³/mol. The van der Waals surface area contributed by atoms with Gasteiger partial charge in [0.2, 0.25) is 6.19 Å². The molecule has 0 fully saturated rings. The molecule has 0 saturated carbocycles. The van der Waals surface area contributed by atoms with E-state index in [1.54, 1.807) is 6.19 Å². The maximum absolute atomic E-state index is 12.8. The van der Waals surface area contributed by atoms with Crippen LogP contribution in [-0.2, 0) is 0 Å². The van der Waals surface area contributed by atoms with E-state index in [0.29, 0.717) is 22.3 Å². The van der Waals surface area contributed by atoms with E-state index in [4.69, 9.17) is 0 Å². The number of rotatable bonds is 4. The Labute approximate surface area is 222 Å². The number of benzene rings is 4. The van der Waals surface area contributed by atoms with E-state index in [-0.39, 0.29) is 5.71 Å². The van der Waals surface area contributed by atoms with Gasteiger partial charge >= 0.3 is 12.7 Å². The molecule has 2 aliphatic carbocycles. The fraction of sp³-hybridized carbons (Fsp3) is 0.0667. The highest BCUT2D eigenvalue weighted by molar-refractivity contribution is 6.63. The highest BCUT2D eigenvalue weighted by Crippen LogP contribution is 2.57. The lowest BCUT2D eigenvalue weighted by molar-refractivity contribution is -0.275. The second-order valence-electron chi connectivity index (χ2n) is 8.91. The Morgan fingerprint density at radius 3 is 1.38 bits per heavy atom. The monoisotopic (exact) mass is 548 g/mol. The van der Waals surface area contributed by atoms with Crippen molar-refractivity contribution in [2.24, 2.45) is 4.99 Å². The Morgan fingerprint density at radius 1 is 0.575 bits per heavy atom. The van der Waals surface area contributed by atoms with Crippen LogP contribution in [0.5, 0.6) is 11.5 Å². The van der Waals surface area contributed by atoms with Crippen molar-refractivity contribution in [3.05, 3.63) is 107 Å². The lowest BCUT2D eigenvalue weighted by Crippen LogP contribution is -2.17. The maximum atomic E-state index is 12.8. The molecule has 0 N–H and O–H groups in total. The quantitative estimate of drug-likeness (QED) is 0.190. The molecule has 4 aromatic rings. The van der Waals surface area contributed by atoms with E-state index >= 15 is 0 Å². The third-order valence-electron chi connectivity index (χ3n) is 6.58. The molecular formula is C30H14F6N2O2. The summed E-state index contributed by atoms with van der Waals surface area (Å²) in [5, 5.41) is 11.5. The highest BCUT2D eigenvalue weighted by atomic mass is 19.4. The Morgan fingerprint density at radius 2 is 1.00 bits per heavy atom. The van der Waals surface area contributed by atoms with Crippen LogP contribution in [0.15, 0.2) is 89.9 Å². The van der Waals surface area contributed by atoms with Crippen LogP contribution in [0.2, 0.25) is 0 Å². The maximum Gasteiger partial charge on any atom is 0.573 e. The van der Waals surface area contributed by atoms with Crippen LogP contribution < -0.4 is 9.47 Å². The standard InChI is InChI=1S/C30H14F6N2O2/c31-29(32,33)39-19-11-7-17(8-12-19)24-26-21-5-1-3-16-4-2-6-22(23(16)21)27(26)25(28(24)38-15-37)18-9-13-20(14-10-18)40-30(34,35)36/h1-14H. The van der Waals surface area contributed by atoms with Gasteiger partial charge in [-0.3, -0.25) is 0 Å². The summed E-state index contributed by atoms with van der Waals surface area (Å²) in [7, 11) is 0. The largest absolute Gasteiger partial charge is 0.573 e. The van der Waals surface area contributed by atoms with Gasteiger partial charge in [0.25, 0.3) is 0 Å². The molecule has 4 nitrogen and oxygen atoms in total. The van der Waals surface area contributed by atoms with E-state index in [2.05, 4.69) is 14.5 Å². The fourth-order valence-corrected chi connectivity index (χ4v) is 5.28. The number of nitriles is 1. The number of hydrogen-bond acceptors (Lipinski definition) is 4. The summed E-state index contributed by atoms with van der Waals surface area (Å²) < 4.78 is 84.5. The van der Waals surface area contributed by atoms with Crippen LogP contribution in [-0.4, -0.2) is 18.4 Å². The summed E-state index contributed by atoms with van der Waals surface area (Å²) in [4.78, 5) is 4.11. The number of ether oxygens (including phenoxy) is 2. The van der Waals surface area contributed by atoms with Crippen molar-refractivity contribution >= 4 is 38.8 Å². The van der Waals surface area contributed by atoms with Crippen LogP contribution in [0.1, 0.15) is 22.3 Å². The molecule has 2 aliphatic rings. The zero-order chi connectivity index (χ0) is 28.2. The van der Waals surface area contributed by atoms with Crippen molar-refractivity contribution in [2.45, 2.75) is 12.7 Å². The minimum Gasteiger partial charge on any atom is -0.406 e. The molecule has 0 saturated heterocycles. The van der Waals surface area contributed by atoms with E-state index in [0.717, 1.165) is 33.0 Å². The summed E-state index contributed by atoms with van der Waals surface area (Å²) in [6.07, 6.45) is -7.92. The summed E-state index contributed by atoms with van der Waals surface area (Å²) in [6, 6.07) is 21.9. The van der Waals surface area contributed by atoms with Crippen molar-refractivity contribution in [1.29, 1.82) is 5.26 Å². The van der Waals surface area contributed by atoms with Crippen LogP contribution in [0.25, 0.3) is 33.1 Å². The second kappa shape index (κ2) is 9.02. The molecular weight excluding hydrogens is 534 g/mol. The van der Waals surface area contributed by atoms with Crippen molar-refractivity contribution in [2.75, 3.05) is 0 Å². The average Bonchev–Trinajstić information content (AvgIpc) is 3.38. The average molecular weight is 548 g/mol. The Hall–Kier alpha value is -5.04. The number of nitrogens with zero attached hydrogens (tertiary/aromatic N) is 2. The smallest absolute Gasteiger partial charge is 0.406 e. The van der Waals surface area contributed by atoms with Crippen molar-refractivity contribution in [3.8, 4) is 17.7 Å². The molecule has 0 radical (unpaired) electrons. The van der Waals surface area contributed by atoms with Gasteiger partial charge in [-0.15, -0.1) is 26.3 Å². The lowest BCUT2D eigenvalue weighted by atomic mass is 9.92. The Balaban J connectivity index is 1.58. The Bertz CT molecular complexity index is 1690. The van der Waals surface area contributed by atoms with Crippen LogP contribution >= 0.6 is 0 Å². The van der Waals surface area contributed by atoms with Gasteiger partial charge in [-0.05, 0) is 57.3 Å².